The molecule has 0 aliphatic carbocycles. The number of carboxylic acids is 1. The van der Waals surface area contributed by atoms with E-state index in [2.05, 4.69) is 4.98 Å². The summed E-state index contributed by atoms with van der Waals surface area (Å²) < 4.78 is 5.27. The Morgan fingerprint density at radius 2 is 2.28 bits per heavy atom. The van der Waals surface area contributed by atoms with Crippen LogP contribution in [0.4, 0.5) is 0 Å². The smallest absolute Gasteiger partial charge is 0.320 e. The molecule has 0 amide bonds. The molecule has 2 aromatic rings. The molecule has 0 spiro atoms. The summed E-state index contributed by atoms with van der Waals surface area (Å²) in [6, 6.07) is 4.78. The summed E-state index contributed by atoms with van der Waals surface area (Å²) in [4.78, 5) is 14.1. The SMILES string of the molecule is COc1cccc2c(CC(N)C(=O)O)c(C)[nH]c12. The summed E-state index contributed by atoms with van der Waals surface area (Å²) in [6.07, 6.45) is 0.300. The first kappa shape index (κ1) is 12.4. The lowest BCUT2D eigenvalue weighted by Gasteiger charge is -2.06. The summed E-state index contributed by atoms with van der Waals surface area (Å²) in [6.45, 7) is 1.91. The third-order valence-electron chi connectivity index (χ3n) is 3.08. The molecule has 0 aliphatic rings. The average molecular weight is 248 g/mol. The van der Waals surface area contributed by atoms with Crippen molar-refractivity contribution >= 4 is 16.9 Å². The molecule has 1 atom stereocenters. The van der Waals surface area contributed by atoms with Gasteiger partial charge >= 0.3 is 5.97 Å². The molecule has 0 radical (unpaired) electrons. The van der Waals surface area contributed by atoms with Crippen LogP contribution in [0.5, 0.6) is 5.75 Å². The number of aliphatic carboxylic acids is 1. The van der Waals surface area contributed by atoms with Crippen molar-refractivity contribution in [3.63, 3.8) is 0 Å². The molecule has 2 rings (SSSR count). The molecule has 1 aromatic heterocycles. The molecule has 96 valence electrons. The molecule has 1 unspecified atom stereocenters. The van der Waals surface area contributed by atoms with Crippen molar-refractivity contribution in [3.8, 4) is 5.75 Å². The number of rotatable bonds is 4. The van der Waals surface area contributed by atoms with Crippen LogP contribution in [0.1, 0.15) is 11.3 Å². The van der Waals surface area contributed by atoms with E-state index in [1.807, 2.05) is 25.1 Å². The first-order valence-corrected chi connectivity index (χ1v) is 5.67. The van der Waals surface area contributed by atoms with Crippen LogP contribution in [0.2, 0.25) is 0 Å². The lowest BCUT2D eigenvalue weighted by molar-refractivity contribution is -0.138. The molecule has 0 saturated carbocycles. The molecule has 0 bridgehead atoms. The minimum atomic E-state index is -0.994. The van der Waals surface area contributed by atoms with Crippen LogP contribution in [0.3, 0.4) is 0 Å². The predicted molar refractivity (Wildman–Crippen MR) is 68.9 cm³/mol. The molecule has 1 heterocycles. The Morgan fingerprint density at radius 3 is 2.89 bits per heavy atom. The number of methoxy groups -OCH3 is 1. The summed E-state index contributed by atoms with van der Waals surface area (Å²) in [7, 11) is 1.60. The number of ether oxygens (including phenoxy) is 1. The molecule has 1 aromatic carbocycles. The monoisotopic (exact) mass is 248 g/mol. The molecule has 0 saturated heterocycles. The highest BCUT2D eigenvalue weighted by Gasteiger charge is 2.18. The van der Waals surface area contributed by atoms with E-state index in [9.17, 15) is 4.79 Å². The van der Waals surface area contributed by atoms with E-state index in [4.69, 9.17) is 15.6 Å². The quantitative estimate of drug-likeness (QED) is 0.763. The van der Waals surface area contributed by atoms with Gasteiger partial charge in [-0.15, -0.1) is 0 Å². The minimum Gasteiger partial charge on any atom is -0.495 e. The van der Waals surface area contributed by atoms with Crippen molar-refractivity contribution in [2.24, 2.45) is 5.73 Å². The van der Waals surface area contributed by atoms with Crippen LogP contribution >= 0.6 is 0 Å². The van der Waals surface area contributed by atoms with Crippen LogP contribution in [-0.2, 0) is 11.2 Å². The van der Waals surface area contributed by atoms with E-state index in [0.717, 1.165) is 27.9 Å². The fourth-order valence-electron chi connectivity index (χ4n) is 2.12. The lowest BCUT2D eigenvalue weighted by atomic mass is 10.0. The number of aromatic nitrogens is 1. The number of hydrogen-bond acceptors (Lipinski definition) is 3. The van der Waals surface area contributed by atoms with E-state index in [1.165, 1.54) is 0 Å². The van der Waals surface area contributed by atoms with Crippen LogP contribution < -0.4 is 10.5 Å². The highest BCUT2D eigenvalue weighted by Crippen LogP contribution is 2.29. The number of nitrogens with one attached hydrogen (secondary N) is 1. The van der Waals surface area contributed by atoms with Crippen molar-refractivity contribution < 1.29 is 14.6 Å². The zero-order valence-corrected chi connectivity index (χ0v) is 10.4. The predicted octanol–water partition coefficient (Wildman–Crippen LogP) is 1.44. The number of carboxylic acid groups (broad SMARTS) is 1. The van der Waals surface area contributed by atoms with Gasteiger partial charge in [-0.05, 0) is 18.6 Å². The molecular formula is C13H16N2O3. The first-order valence-electron chi connectivity index (χ1n) is 5.67. The van der Waals surface area contributed by atoms with Crippen LogP contribution in [-0.4, -0.2) is 29.2 Å². The summed E-state index contributed by atoms with van der Waals surface area (Å²) in [5.74, 6) is -0.252. The highest BCUT2D eigenvalue weighted by molar-refractivity contribution is 5.90. The second-order valence-corrected chi connectivity index (χ2v) is 4.26. The first-order chi connectivity index (χ1) is 8.54. The second-order valence-electron chi connectivity index (χ2n) is 4.26. The fourth-order valence-corrected chi connectivity index (χ4v) is 2.12. The Hall–Kier alpha value is -2.01. The normalized spacial score (nSPS) is 12.6. The Bertz CT molecular complexity index is 589. The van der Waals surface area contributed by atoms with Gasteiger partial charge in [-0.3, -0.25) is 4.79 Å². The number of aromatic amines is 1. The van der Waals surface area contributed by atoms with Gasteiger partial charge < -0.3 is 20.6 Å². The molecule has 4 N–H and O–H groups in total. The van der Waals surface area contributed by atoms with Crippen molar-refractivity contribution in [2.45, 2.75) is 19.4 Å². The maximum atomic E-state index is 10.8. The lowest BCUT2D eigenvalue weighted by Crippen LogP contribution is -2.32. The van der Waals surface area contributed by atoms with E-state index >= 15 is 0 Å². The number of carbonyl (C=O) groups is 1. The van der Waals surface area contributed by atoms with Gasteiger partial charge in [-0.25, -0.2) is 0 Å². The van der Waals surface area contributed by atoms with Gasteiger partial charge in [0.1, 0.15) is 11.8 Å². The minimum absolute atomic E-state index is 0.300. The number of fused-ring (bicyclic) bond motifs is 1. The van der Waals surface area contributed by atoms with Gasteiger partial charge in [0.25, 0.3) is 0 Å². The van der Waals surface area contributed by atoms with Crippen LogP contribution in [0, 0.1) is 6.92 Å². The van der Waals surface area contributed by atoms with Gasteiger partial charge in [0.15, 0.2) is 0 Å². The third kappa shape index (κ3) is 2.04. The number of hydrogen-bond donors (Lipinski definition) is 3. The Kier molecular flexibility index (Phi) is 3.25. The molecular weight excluding hydrogens is 232 g/mol. The summed E-state index contributed by atoms with van der Waals surface area (Å²) in [5.41, 5.74) is 8.33. The van der Waals surface area contributed by atoms with Crippen molar-refractivity contribution in [2.75, 3.05) is 7.11 Å². The van der Waals surface area contributed by atoms with Crippen LogP contribution in [0.15, 0.2) is 18.2 Å². The molecule has 5 nitrogen and oxygen atoms in total. The molecule has 0 aliphatic heterocycles. The number of para-hydroxylation sites is 1. The summed E-state index contributed by atoms with van der Waals surface area (Å²) >= 11 is 0. The van der Waals surface area contributed by atoms with Crippen molar-refractivity contribution in [3.05, 3.63) is 29.5 Å². The topological polar surface area (TPSA) is 88.3 Å². The second kappa shape index (κ2) is 4.70. The number of H-pyrrole nitrogens is 1. The van der Waals surface area contributed by atoms with E-state index in [-0.39, 0.29) is 0 Å². The maximum absolute atomic E-state index is 10.8. The standard InChI is InChI=1S/C13H16N2O3/c1-7-9(6-10(14)13(16)17)8-4-3-5-11(18-2)12(8)15-7/h3-5,10,15H,6,14H2,1-2H3,(H,16,17). The van der Waals surface area contributed by atoms with E-state index in [0.29, 0.717) is 6.42 Å². The van der Waals surface area contributed by atoms with Crippen molar-refractivity contribution in [1.82, 2.24) is 4.98 Å². The number of nitrogens with two attached hydrogens (primary N) is 1. The maximum Gasteiger partial charge on any atom is 0.320 e. The van der Waals surface area contributed by atoms with Gasteiger partial charge in [0.2, 0.25) is 0 Å². The average Bonchev–Trinajstić information content (AvgIpc) is 2.65. The Balaban J connectivity index is 2.51. The van der Waals surface area contributed by atoms with E-state index < -0.39 is 12.0 Å². The number of benzene rings is 1. The van der Waals surface area contributed by atoms with E-state index in [1.54, 1.807) is 7.11 Å². The van der Waals surface area contributed by atoms with Gasteiger partial charge in [-0.1, -0.05) is 12.1 Å². The molecule has 0 fully saturated rings. The molecule has 5 heteroatoms. The van der Waals surface area contributed by atoms with Crippen LogP contribution in [0.25, 0.3) is 10.9 Å². The highest BCUT2D eigenvalue weighted by atomic mass is 16.5. The third-order valence-corrected chi connectivity index (χ3v) is 3.08. The largest absolute Gasteiger partial charge is 0.495 e. The van der Waals surface area contributed by atoms with Gasteiger partial charge in [0.05, 0.1) is 12.6 Å². The van der Waals surface area contributed by atoms with Gasteiger partial charge in [-0.2, -0.15) is 0 Å². The Labute approximate surface area is 105 Å². The number of aryl methyl sites for hydroxylation is 1. The fraction of sp³-hybridized carbons (Fsp3) is 0.308. The zero-order valence-electron chi connectivity index (χ0n) is 10.4. The summed E-state index contributed by atoms with van der Waals surface area (Å²) in [5, 5.41) is 9.85. The van der Waals surface area contributed by atoms with Crippen molar-refractivity contribution in [1.29, 1.82) is 0 Å². The Morgan fingerprint density at radius 1 is 1.56 bits per heavy atom. The molecule has 18 heavy (non-hydrogen) atoms. The van der Waals surface area contributed by atoms with Gasteiger partial charge in [0, 0.05) is 17.5 Å². The zero-order chi connectivity index (χ0) is 13.3.